The molecule has 2 N–H and O–H groups in total. The summed E-state index contributed by atoms with van der Waals surface area (Å²) in [5.41, 5.74) is 8.27. The Labute approximate surface area is 92.4 Å². The van der Waals surface area contributed by atoms with Crippen molar-refractivity contribution in [3.8, 4) is 5.75 Å². The summed E-state index contributed by atoms with van der Waals surface area (Å²) in [5.74, 6) is 1.54. The molecule has 1 atom stereocenters. The molecule has 1 rings (SSSR count). The molecule has 0 radical (unpaired) electrons. The molecule has 0 amide bonds. The minimum absolute atomic E-state index is 0.556. The second-order valence-corrected chi connectivity index (χ2v) is 4.03. The highest BCUT2D eigenvalue weighted by Crippen LogP contribution is 2.23. The minimum atomic E-state index is 0.556. The SMILES string of the molecule is CCC(CN)Cc1cc(C)ccc1OC. The van der Waals surface area contributed by atoms with Crippen molar-refractivity contribution in [2.45, 2.75) is 26.7 Å². The van der Waals surface area contributed by atoms with Gasteiger partial charge in [0.05, 0.1) is 7.11 Å². The first kappa shape index (κ1) is 12.1. The van der Waals surface area contributed by atoms with E-state index in [4.69, 9.17) is 10.5 Å². The standard InChI is InChI=1S/C13H21NO/c1-4-11(9-14)8-12-7-10(2)5-6-13(12)15-3/h5-7,11H,4,8-9,14H2,1-3H3. The van der Waals surface area contributed by atoms with Gasteiger partial charge in [-0.2, -0.15) is 0 Å². The summed E-state index contributed by atoms with van der Waals surface area (Å²) in [4.78, 5) is 0. The Morgan fingerprint density at radius 1 is 1.40 bits per heavy atom. The summed E-state index contributed by atoms with van der Waals surface area (Å²) < 4.78 is 5.35. The lowest BCUT2D eigenvalue weighted by Gasteiger charge is -2.15. The van der Waals surface area contributed by atoms with Crippen LogP contribution in [-0.2, 0) is 6.42 Å². The summed E-state index contributed by atoms with van der Waals surface area (Å²) in [6.07, 6.45) is 2.13. The number of hydrogen-bond donors (Lipinski definition) is 1. The Bertz CT molecular complexity index is 305. The van der Waals surface area contributed by atoms with E-state index in [-0.39, 0.29) is 0 Å². The molecule has 15 heavy (non-hydrogen) atoms. The molecule has 0 bridgehead atoms. The van der Waals surface area contributed by atoms with Crippen molar-refractivity contribution in [1.82, 2.24) is 0 Å². The molecule has 0 aliphatic rings. The minimum Gasteiger partial charge on any atom is -0.496 e. The van der Waals surface area contributed by atoms with E-state index in [1.165, 1.54) is 11.1 Å². The highest BCUT2D eigenvalue weighted by molar-refractivity contribution is 5.37. The van der Waals surface area contributed by atoms with Gasteiger partial charge in [-0.1, -0.05) is 31.0 Å². The molecular weight excluding hydrogens is 186 g/mol. The normalized spacial score (nSPS) is 12.5. The molecule has 0 spiro atoms. The highest BCUT2D eigenvalue weighted by atomic mass is 16.5. The molecule has 0 fully saturated rings. The van der Waals surface area contributed by atoms with Crippen molar-refractivity contribution in [3.05, 3.63) is 29.3 Å². The summed E-state index contributed by atoms with van der Waals surface area (Å²) >= 11 is 0. The van der Waals surface area contributed by atoms with E-state index in [0.717, 1.165) is 25.1 Å². The number of aryl methyl sites for hydroxylation is 1. The summed E-state index contributed by atoms with van der Waals surface area (Å²) in [6.45, 7) is 5.03. The first-order valence-electron chi connectivity index (χ1n) is 5.54. The van der Waals surface area contributed by atoms with E-state index in [2.05, 4.69) is 26.0 Å². The van der Waals surface area contributed by atoms with Crippen LogP contribution in [0, 0.1) is 12.8 Å². The number of rotatable bonds is 5. The fourth-order valence-electron chi connectivity index (χ4n) is 1.77. The van der Waals surface area contributed by atoms with Crippen LogP contribution in [0.5, 0.6) is 5.75 Å². The van der Waals surface area contributed by atoms with Crippen LogP contribution in [0.15, 0.2) is 18.2 Å². The fourth-order valence-corrected chi connectivity index (χ4v) is 1.77. The molecule has 0 aromatic heterocycles. The van der Waals surface area contributed by atoms with Crippen molar-refractivity contribution < 1.29 is 4.74 Å². The zero-order chi connectivity index (χ0) is 11.3. The molecule has 1 aromatic carbocycles. The van der Waals surface area contributed by atoms with E-state index in [0.29, 0.717) is 5.92 Å². The van der Waals surface area contributed by atoms with Crippen molar-refractivity contribution in [1.29, 1.82) is 0 Å². The molecule has 2 heteroatoms. The van der Waals surface area contributed by atoms with Crippen LogP contribution in [0.1, 0.15) is 24.5 Å². The van der Waals surface area contributed by atoms with Gasteiger partial charge in [-0.25, -0.2) is 0 Å². The average Bonchev–Trinajstić information content (AvgIpc) is 2.26. The van der Waals surface area contributed by atoms with Crippen molar-refractivity contribution in [3.63, 3.8) is 0 Å². The number of benzene rings is 1. The lowest BCUT2D eigenvalue weighted by molar-refractivity contribution is 0.403. The molecule has 2 nitrogen and oxygen atoms in total. The Morgan fingerprint density at radius 2 is 2.13 bits per heavy atom. The van der Waals surface area contributed by atoms with Gasteiger partial charge in [-0.3, -0.25) is 0 Å². The molecule has 0 aliphatic heterocycles. The average molecular weight is 207 g/mol. The predicted molar refractivity (Wildman–Crippen MR) is 64.3 cm³/mol. The predicted octanol–water partition coefficient (Wildman–Crippen LogP) is 2.53. The van der Waals surface area contributed by atoms with E-state index >= 15 is 0 Å². The number of nitrogens with two attached hydrogens (primary N) is 1. The van der Waals surface area contributed by atoms with Crippen molar-refractivity contribution in [2.75, 3.05) is 13.7 Å². The van der Waals surface area contributed by atoms with Gasteiger partial charge in [0.25, 0.3) is 0 Å². The molecule has 0 heterocycles. The number of methoxy groups -OCH3 is 1. The first-order valence-corrected chi connectivity index (χ1v) is 5.54. The van der Waals surface area contributed by atoms with Crippen molar-refractivity contribution in [2.24, 2.45) is 11.7 Å². The third-order valence-corrected chi connectivity index (χ3v) is 2.86. The van der Waals surface area contributed by atoms with E-state index in [9.17, 15) is 0 Å². The third-order valence-electron chi connectivity index (χ3n) is 2.86. The molecule has 0 saturated heterocycles. The second-order valence-electron chi connectivity index (χ2n) is 4.03. The van der Waals surface area contributed by atoms with Crippen LogP contribution in [0.25, 0.3) is 0 Å². The van der Waals surface area contributed by atoms with Gasteiger partial charge in [0.1, 0.15) is 5.75 Å². The molecular formula is C13H21NO. The molecule has 84 valence electrons. The van der Waals surface area contributed by atoms with Gasteiger partial charge in [-0.15, -0.1) is 0 Å². The molecule has 1 unspecified atom stereocenters. The quantitative estimate of drug-likeness (QED) is 0.805. The Kier molecular flexibility index (Phi) is 4.63. The zero-order valence-corrected chi connectivity index (χ0v) is 9.92. The summed E-state index contributed by atoms with van der Waals surface area (Å²) in [5, 5.41) is 0. The molecule has 1 aromatic rings. The van der Waals surface area contributed by atoms with E-state index < -0.39 is 0 Å². The Balaban J connectivity index is 2.86. The van der Waals surface area contributed by atoms with Gasteiger partial charge < -0.3 is 10.5 Å². The van der Waals surface area contributed by atoms with E-state index in [1.54, 1.807) is 7.11 Å². The fraction of sp³-hybridized carbons (Fsp3) is 0.538. The van der Waals surface area contributed by atoms with Gasteiger partial charge in [0.2, 0.25) is 0 Å². The van der Waals surface area contributed by atoms with Crippen LogP contribution in [0.4, 0.5) is 0 Å². The van der Waals surface area contributed by atoms with Gasteiger partial charge >= 0.3 is 0 Å². The largest absolute Gasteiger partial charge is 0.496 e. The third kappa shape index (κ3) is 3.24. The first-order chi connectivity index (χ1) is 7.21. The van der Waals surface area contributed by atoms with Crippen LogP contribution >= 0.6 is 0 Å². The summed E-state index contributed by atoms with van der Waals surface area (Å²) in [7, 11) is 1.72. The van der Waals surface area contributed by atoms with Gasteiger partial charge in [0.15, 0.2) is 0 Å². The topological polar surface area (TPSA) is 35.2 Å². The number of hydrogen-bond acceptors (Lipinski definition) is 2. The van der Waals surface area contributed by atoms with Crippen LogP contribution in [0.2, 0.25) is 0 Å². The van der Waals surface area contributed by atoms with Crippen LogP contribution in [-0.4, -0.2) is 13.7 Å². The van der Waals surface area contributed by atoms with Crippen LogP contribution < -0.4 is 10.5 Å². The lowest BCUT2D eigenvalue weighted by atomic mass is 9.95. The molecule has 0 aliphatic carbocycles. The maximum atomic E-state index is 5.72. The lowest BCUT2D eigenvalue weighted by Crippen LogP contribution is -2.16. The monoisotopic (exact) mass is 207 g/mol. The van der Waals surface area contributed by atoms with Crippen molar-refractivity contribution >= 4 is 0 Å². The highest BCUT2D eigenvalue weighted by Gasteiger charge is 2.09. The second kappa shape index (κ2) is 5.76. The summed E-state index contributed by atoms with van der Waals surface area (Å²) in [6, 6.07) is 6.30. The van der Waals surface area contributed by atoms with Crippen LogP contribution in [0.3, 0.4) is 0 Å². The van der Waals surface area contributed by atoms with E-state index in [1.807, 2.05) is 6.07 Å². The maximum absolute atomic E-state index is 5.72. The smallest absolute Gasteiger partial charge is 0.122 e. The Morgan fingerprint density at radius 3 is 2.67 bits per heavy atom. The molecule has 0 saturated carbocycles. The zero-order valence-electron chi connectivity index (χ0n) is 9.92. The Hall–Kier alpha value is -1.02. The number of ether oxygens (including phenoxy) is 1. The van der Waals surface area contributed by atoms with Gasteiger partial charge in [-0.05, 0) is 37.4 Å². The maximum Gasteiger partial charge on any atom is 0.122 e. The van der Waals surface area contributed by atoms with Gasteiger partial charge in [0, 0.05) is 0 Å².